The van der Waals surface area contributed by atoms with Crippen molar-refractivity contribution in [2.24, 2.45) is 5.92 Å². The summed E-state index contributed by atoms with van der Waals surface area (Å²) in [5, 5.41) is 20.7. The number of aromatic nitrogens is 3. The first-order chi connectivity index (χ1) is 9.36. The smallest absolute Gasteiger partial charge is 0.242 e. The van der Waals surface area contributed by atoms with Crippen molar-refractivity contribution in [2.45, 2.75) is 64.6 Å². The number of amides is 1. The molecule has 1 heterocycles. The van der Waals surface area contributed by atoms with Crippen LogP contribution >= 0.6 is 0 Å². The first-order valence-corrected chi connectivity index (χ1v) is 7.28. The van der Waals surface area contributed by atoms with Gasteiger partial charge in [0.25, 0.3) is 0 Å². The highest BCUT2D eigenvalue weighted by atomic mass is 16.3. The van der Waals surface area contributed by atoms with E-state index in [0.29, 0.717) is 11.6 Å². The van der Waals surface area contributed by atoms with E-state index in [-0.39, 0.29) is 18.5 Å². The van der Waals surface area contributed by atoms with Crippen LogP contribution in [0, 0.1) is 5.92 Å². The molecule has 2 unspecified atom stereocenters. The zero-order chi connectivity index (χ0) is 14.8. The third-order valence-electron chi connectivity index (χ3n) is 3.93. The van der Waals surface area contributed by atoms with Crippen LogP contribution in [0.1, 0.15) is 52.1 Å². The van der Waals surface area contributed by atoms with Gasteiger partial charge in [-0.05, 0) is 32.6 Å². The molecule has 6 heteroatoms. The van der Waals surface area contributed by atoms with E-state index in [1.807, 2.05) is 0 Å². The van der Waals surface area contributed by atoms with E-state index < -0.39 is 5.60 Å². The molecular formula is C14H24N4O2. The topological polar surface area (TPSA) is 80.0 Å². The highest BCUT2D eigenvalue weighted by molar-refractivity contribution is 5.76. The number of carbonyl (C=O) groups is 1. The minimum Gasteiger partial charge on any atom is -0.384 e. The minimum atomic E-state index is -1.04. The average molecular weight is 280 g/mol. The highest BCUT2D eigenvalue weighted by Gasteiger charge is 2.24. The lowest BCUT2D eigenvalue weighted by Crippen LogP contribution is -2.42. The molecular weight excluding hydrogens is 256 g/mol. The maximum absolute atomic E-state index is 12.0. The second-order valence-electron chi connectivity index (χ2n) is 6.30. The second-order valence-corrected chi connectivity index (χ2v) is 6.30. The van der Waals surface area contributed by atoms with Gasteiger partial charge in [0.1, 0.15) is 17.8 Å². The molecule has 6 nitrogen and oxygen atoms in total. The molecule has 1 aliphatic rings. The van der Waals surface area contributed by atoms with E-state index in [1.54, 1.807) is 20.0 Å². The van der Waals surface area contributed by atoms with Gasteiger partial charge in [-0.15, -0.1) is 5.10 Å². The first kappa shape index (κ1) is 15.0. The fourth-order valence-corrected chi connectivity index (χ4v) is 2.59. The Balaban J connectivity index is 1.89. The molecule has 2 N–H and O–H groups in total. The Morgan fingerprint density at radius 1 is 1.50 bits per heavy atom. The van der Waals surface area contributed by atoms with Gasteiger partial charge in [-0.3, -0.25) is 4.79 Å². The van der Waals surface area contributed by atoms with Crippen LogP contribution in [-0.4, -0.2) is 32.0 Å². The quantitative estimate of drug-likeness (QED) is 0.868. The van der Waals surface area contributed by atoms with Crippen LogP contribution in [0.2, 0.25) is 0 Å². The van der Waals surface area contributed by atoms with Crippen LogP contribution in [0.4, 0.5) is 0 Å². The van der Waals surface area contributed by atoms with Gasteiger partial charge >= 0.3 is 0 Å². The van der Waals surface area contributed by atoms with Gasteiger partial charge in [-0.2, -0.15) is 0 Å². The Bertz CT molecular complexity index is 464. The van der Waals surface area contributed by atoms with Crippen molar-refractivity contribution in [3.05, 3.63) is 11.9 Å². The van der Waals surface area contributed by atoms with Gasteiger partial charge < -0.3 is 10.4 Å². The van der Waals surface area contributed by atoms with E-state index in [2.05, 4.69) is 22.6 Å². The predicted octanol–water partition coefficient (Wildman–Crippen LogP) is 1.20. The molecule has 0 aliphatic heterocycles. The van der Waals surface area contributed by atoms with Gasteiger partial charge in [0.2, 0.25) is 5.91 Å². The molecule has 1 amide bonds. The fraction of sp³-hybridized carbons (Fsp3) is 0.786. The summed E-state index contributed by atoms with van der Waals surface area (Å²) < 4.78 is 1.47. The molecule has 0 bridgehead atoms. The van der Waals surface area contributed by atoms with E-state index in [1.165, 1.54) is 23.9 Å². The monoisotopic (exact) mass is 280 g/mol. The summed E-state index contributed by atoms with van der Waals surface area (Å²) in [5.74, 6) is 0.492. The molecule has 1 aromatic rings. The van der Waals surface area contributed by atoms with Gasteiger partial charge in [0.05, 0.1) is 6.20 Å². The molecule has 0 aromatic carbocycles. The zero-order valence-corrected chi connectivity index (χ0v) is 12.5. The highest BCUT2D eigenvalue weighted by Crippen LogP contribution is 2.23. The molecule has 0 spiro atoms. The maximum atomic E-state index is 12.0. The minimum absolute atomic E-state index is 0.0454. The Kier molecular flexibility index (Phi) is 4.42. The third kappa shape index (κ3) is 3.79. The van der Waals surface area contributed by atoms with E-state index in [0.717, 1.165) is 6.42 Å². The Labute approximate surface area is 119 Å². The number of nitrogens with zero attached hydrogens (tertiary/aromatic N) is 3. The number of hydrogen-bond donors (Lipinski definition) is 2. The molecule has 0 radical (unpaired) electrons. The largest absolute Gasteiger partial charge is 0.384 e. The summed E-state index contributed by atoms with van der Waals surface area (Å²) >= 11 is 0. The van der Waals surface area contributed by atoms with Crippen LogP contribution in [0.5, 0.6) is 0 Å². The Hall–Kier alpha value is -1.43. The number of nitrogens with one attached hydrogen (secondary N) is 1. The lowest BCUT2D eigenvalue weighted by molar-refractivity contribution is -0.123. The van der Waals surface area contributed by atoms with Gasteiger partial charge in [-0.1, -0.05) is 25.0 Å². The summed E-state index contributed by atoms with van der Waals surface area (Å²) in [7, 11) is 0. The van der Waals surface area contributed by atoms with E-state index >= 15 is 0 Å². The van der Waals surface area contributed by atoms with Crippen LogP contribution in [0.3, 0.4) is 0 Å². The summed E-state index contributed by atoms with van der Waals surface area (Å²) in [6.07, 6.45) is 6.28. The van der Waals surface area contributed by atoms with Gasteiger partial charge in [0, 0.05) is 6.04 Å². The Morgan fingerprint density at radius 3 is 2.80 bits per heavy atom. The predicted molar refractivity (Wildman–Crippen MR) is 74.8 cm³/mol. The van der Waals surface area contributed by atoms with Gasteiger partial charge in [-0.25, -0.2) is 4.68 Å². The normalized spacial score (nSPS) is 23.6. The SMILES string of the molecule is CC1CCCCC1NC(=O)Cn1cc(C(C)(C)O)nn1. The lowest BCUT2D eigenvalue weighted by Gasteiger charge is -2.29. The number of aliphatic hydroxyl groups is 1. The summed E-state index contributed by atoms with van der Waals surface area (Å²) in [6, 6.07) is 0.272. The third-order valence-corrected chi connectivity index (χ3v) is 3.93. The van der Waals surface area contributed by atoms with Crippen molar-refractivity contribution in [3.63, 3.8) is 0 Å². The second kappa shape index (κ2) is 5.91. The van der Waals surface area contributed by atoms with Crippen LogP contribution in [0.25, 0.3) is 0 Å². The van der Waals surface area contributed by atoms with Gasteiger partial charge in [0.15, 0.2) is 0 Å². The summed E-state index contributed by atoms with van der Waals surface area (Å²) in [4.78, 5) is 12.0. The molecule has 2 atom stereocenters. The van der Waals surface area contributed by atoms with Crippen molar-refractivity contribution < 1.29 is 9.90 Å². The zero-order valence-electron chi connectivity index (χ0n) is 12.5. The molecule has 1 aromatic heterocycles. The fourth-order valence-electron chi connectivity index (χ4n) is 2.59. The first-order valence-electron chi connectivity index (χ1n) is 7.28. The number of carbonyl (C=O) groups excluding carboxylic acids is 1. The average Bonchev–Trinajstić information content (AvgIpc) is 2.80. The van der Waals surface area contributed by atoms with E-state index in [4.69, 9.17) is 0 Å². The molecule has 1 fully saturated rings. The number of hydrogen-bond acceptors (Lipinski definition) is 4. The molecule has 2 rings (SSSR count). The van der Waals surface area contributed by atoms with Crippen molar-refractivity contribution in [1.82, 2.24) is 20.3 Å². The molecule has 0 saturated heterocycles. The summed E-state index contributed by atoms with van der Waals surface area (Å²) in [6.45, 7) is 5.62. The van der Waals surface area contributed by atoms with Crippen LogP contribution < -0.4 is 5.32 Å². The standard InChI is InChI=1S/C14H24N4O2/c1-10-6-4-5-7-11(10)15-13(19)9-18-8-12(16-17-18)14(2,3)20/h8,10-11,20H,4-7,9H2,1-3H3,(H,15,19). The van der Waals surface area contributed by atoms with Crippen LogP contribution in [-0.2, 0) is 16.9 Å². The lowest BCUT2D eigenvalue weighted by atomic mass is 9.86. The van der Waals surface area contributed by atoms with E-state index in [9.17, 15) is 9.90 Å². The summed E-state index contributed by atoms with van der Waals surface area (Å²) in [5.41, 5.74) is -0.566. The molecule has 20 heavy (non-hydrogen) atoms. The number of rotatable bonds is 4. The van der Waals surface area contributed by atoms with Crippen molar-refractivity contribution in [3.8, 4) is 0 Å². The molecule has 1 aliphatic carbocycles. The molecule has 1 saturated carbocycles. The van der Waals surface area contributed by atoms with Crippen molar-refractivity contribution in [1.29, 1.82) is 0 Å². The van der Waals surface area contributed by atoms with Crippen molar-refractivity contribution >= 4 is 5.91 Å². The molecule has 112 valence electrons. The maximum Gasteiger partial charge on any atom is 0.242 e. The van der Waals surface area contributed by atoms with Crippen molar-refractivity contribution in [2.75, 3.05) is 0 Å². The Morgan fingerprint density at radius 2 is 2.20 bits per heavy atom. The van der Waals surface area contributed by atoms with Crippen LogP contribution in [0.15, 0.2) is 6.20 Å².